The first-order chi connectivity index (χ1) is 10.2. The lowest BCUT2D eigenvalue weighted by Gasteiger charge is -2.12. The minimum Gasteiger partial charge on any atom is -0.616 e. The van der Waals surface area contributed by atoms with Gasteiger partial charge in [0.15, 0.2) is 0 Å². The molecule has 0 bridgehead atoms. The summed E-state index contributed by atoms with van der Waals surface area (Å²) in [6.45, 7) is 3.98. The van der Waals surface area contributed by atoms with Crippen LogP contribution in [0.3, 0.4) is 0 Å². The number of hydrogen-bond donors (Lipinski definition) is 1. The summed E-state index contributed by atoms with van der Waals surface area (Å²) in [4.78, 5) is 0. The van der Waals surface area contributed by atoms with Gasteiger partial charge in [0.2, 0.25) is 0 Å². The highest BCUT2D eigenvalue weighted by Crippen LogP contribution is 2.12. The van der Waals surface area contributed by atoms with Crippen LogP contribution in [-0.2, 0) is 11.2 Å². The van der Waals surface area contributed by atoms with Gasteiger partial charge in [0.25, 0.3) is 0 Å². The largest absolute Gasteiger partial charge is 0.616 e. The van der Waals surface area contributed by atoms with Crippen LogP contribution in [0.2, 0.25) is 0 Å². The molecule has 0 aliphatic heterocycles. The zero-order valence-corrected chi connectivity index (χ0v) is 15.3. The molecular weight excluding hydrogens is 280 g/mol. The molecule has 3 heteroatoms. The SMILES string of the molecule is CCCCCCCCCCCCCCC[S+]([O-])CC(C)O. The predicted octanol–water partition coefficient (Wildman–Crippen LogP) is 5.21. The molecule has 0 aliphatic rings. The second kappa shape index (κ2) is 16.6. The monoisotopic (exact) mass is 318 g/mol. The van der Waals surface area contributed by atoms with E-state index in [0.29, 0.717) is 5.75 Å². The molecule has 0 saturated heterocycles. The first-order valence-corrected chi connectivity index (χ1v) is 10.7. The first-order valence-electron chi connectivity index (χ1n) is 9.19. The van der Waals surface area contributed by atoms with Gasteiger partial charge < -0.3 is 9.66 Å². The smallest absolute Gasteiger partial charge is 0.131 e. The van der Waals surface area contributed by atoms with Crippen molar-refractivity contribution < 1.29 is 9.66 Å². The number of unbranched alkanes of at least 4 members (excludes halogenated alkanes) is 12. The standard InChI is InChI=1S/C18H38O2S/c1-3-4-5-6-7-8-9-10-11-12-13-14-15-16-21(20)17-18(2)19/h18-19H,3-17H2,1-2H3. The highest BCUT2D eigenvalue weighted by Gasteiger charge is 2.09. The van der Waals surface area contributed by atoms with E-state index in [9.17, 15) is 4.55 Å². The van der Waals surface area contributed by atoms with Crippen LogP contribution in [0.5, 0.6) is 0 Å². The van der Waals surface area contributed by atoms with Gasteiger partial charge in [-0.05, 0) is 19.8 Å². The Balaban J connectivity index is 3.05. The third-order valence-corrected chi connectivity index (χ3v) is 5.50. The molecule has 0 radical (unpaired) electrons. The molecule has 0 rings (SSSR count). The van der Waals surface area contributed by atoms with Gasteiger partial charge in [-0.25, -0.2) is 0 Å². The van der Waals surface area contributed by atoms with E-state index in [1.807, 2.05) is 0 Å². The Morgan fingerprint density at radius 1 is 0.762 bits per heavy atom. The summed E-state index contributed by atoms with van der Waals surface area (Å²) in [7, 11) is 0. The van der Waals surface area contributed by atoms with Gasteiger partial charge >= 0.3 is 0 Å². The van der Waals surface area contributed by atoms with Crippen molar-refractivity contribution in [1.29, 1.82) is 0 Å². The number of aliphatic hydroxyl groups excluding tert-OH is 1. The van der Waals surface area contributed by atoms with E-state index < -0.39 is 17.3 Å². The summed E-state index contributed by atoms with van der Waals surface area (Å²) in [5.74, 6) is 1.21. The van der Waals surface area contributed by atoms with Gasteiger partial charge in [0.05, 0.1) is 6.10 Å². The number of rotatable bonds is 16. The molecule has 21 heavy (non-hydrogen) atoms. The summed E-state index contributed by atoms with van der Waals surface area (Å²) in [6, 6.07) is 0. The van der Waals surface area contributed by atoms with Crippen molar-refractivity contribution in [3.05, 3.63) is 0 Å². The summed E-state index contributed by atoms with van der Waals surface area (Å²) in [5.41, 5.74) is 0. The molecule has 2 unspecified atom stereocenters. The molecule has 0 heterocycles. The Morgan fingerprint density at radius 2 is 1.14 bits per heavy atom. The Labute approximate surface area is 136 Å². The minimum absolute atomic E-state index is 0.423. The van der Waals surface area contributed by atoms with Gasteiger partial charge in [0, 0.05) is 0 Å². The van der Waals surface area contributed by atoms with E-state index in [-0.39, 0.29) is 0 Å². The molecule has 0 amide bonds. The van der Waals surface area contributed by atoms with Gasteiger partial charge in [-0.2, -0.15) is 0 Å². The lowest BCUT2D eigenvalue weighted by Crippen LogP contribution is -2.20. The molecule has 1 N–H and O–H groups in total. The molecule has 0 saturated carbocycles. The van der Waals surface area contributed by atoms with Crippen LogP contribution in [-0.4, -0.2) is 27.3 Å². The average molecular weight is 319 g/mol. The van der Waals surface area contributed by atoms with Gasteiger partial charge in [-0.15, -0.1) is 0 Å². The van der Waals surface area contributed by atoms with Crippen molar-refractivity contribution in [2.45, 2.75) is 103 Å². The van der Waals surface area contributed by atoms with Crippen LogP contribution >= 0.6 is 0 Å². The maximum Gasteiger partial charge on any atom is 0.131 e. The molecule has 2 atom stereocenters. The summed E-state index contributed by atoms with van der Waals surface area (Å²) in [6.07, 6.45) is 17.0. The fourth-order valence-corrected chi connectivity index (χ4v) is 3.86. The Bertz CT molecular complexity index is 198. The third-order valence-electron chi connectivity index (χ3n) is 3.90. The highest BCUT2D eigenvalue weighted by molar-refractivity contribution is 7.91. The minimum atomic E-state index is -0.816. The van der Waals surface area contributed by atoms with Crippen molar-refractivity contribution in [2.75, 3.05) is 11.5 Å². The molecule has 128 valence electrons. The molecule has 0 fully saturated rings. The number of hydrogen-bond acceptors (Lipinski definition) is 2. The van der Waals surface area contributed by atoms with Crippen molar-refractivity contribution in [2.24, 2.45) is 0 Å². The van der Waals surface area contributed by atoms with Crippen LogP contribution in [0.15, 0.2) is 0 Å². The second-order valence-corrected chi connectivity index (χ2v) is 8.02. The fraction of sp³-hybridized carbons (Fsp3) is 1.00. The number of aliphatic hydroxyl groups is 1. The average Bonchev–Trinajstić information content (AvgIpc) is 2.43. The van der Waals surface area contributed by atoms with E-state index in [4.69, 9.17) is 5.11 Å². The van der Waals surface area contributed by atoms with Crippen LogP contribution in [0.4, 0.5) is 0 Å². The van der Waals surface area contributed by atoms with Gasteiger partial charge in [0.1, 0.15) is 11.5 Å². The lowest BCUT2D eigenvalue weighted by molar-refractivity contribution is 0.218. The molecular formula is C18H38O2S. The zero-order valence-electron chi connectivity index (χ0n) is 14.4. The topological polar surface area (TPSA) is 43.3 Å². The maximum absolute atomic E-state index is 11.5. The van der Waals surface area contributed by atoms with Crippen molar-refractivity contribution >= 4 is 11.2 Å². The Morgan fingerprint density at radius 3 is 1.52 bits per heavy atom. The van der Waals surface area contributed by atoms with Gasteiger partial charge in [-0.1, -0.05) is 88.7 Å². The van der Waals surface area contributed by atoms with E-state index in [1.54, 1.807) is 6.92 Å². The first kappa shape index (κ1) is 21.3. The van der Waals surface area contributed by atoms with Crippen LogP contribution in [0, 0.1) is 0 Å². The fourth-order valence-electron chi connectivity index (χ4n) is 2.63. The maximum atomic E-state index is 11.5. The molecule has 0 aromatic heterocycles. The quantitative estimate of drug-likeness (QED) is 0.314. The van der Waals surface area contributed by atoms with E-state index in [2.05, 4.69) is 6.92 Å². The van der Waals surface area contributed by atoms with Gasteiger partial charge in [-0.3, -0.25) is 0 Å². The Kier molecular flexibility index (Phi) is 16.9. The van der Waals surface area contributed by atoms with Crippen molar-refractivity contribution in [3.63, 3.8) is 0 Å². The summed E-state index contributed by atoms with van der Waals surface area (Å²) >= 11 is -0.816. The van der Waals surface area contributed by atoms with Crippen LogP contribution in [0.1, 0.15) is 97.3 Å². The Hall–Kier alpha value is 0.270. The zero-order chi connectivity index (χ0) is 15.8. The molecule has 2 nitrogen and oxygen atoms in total. The lowest BCUT2D eigenvalue weighted by atomic mass is 10.1. The van der Waals surface area contributed by atoms with E-state index in [0.717, 1.165) is 12.2 Å². The summed E-state index contributed by atoms with van der Waals surface area (Å²) < 4.78 is 11.5. The second-order valence-electron chi connectivity index (χ2n) is 6.40. The summed E-state index contributed by atoms with van der Waals surface area (Å²) in [5, 5.41) is 9.13. The molecule has 0 spiro atoms. The normalized spacial score (nSPS) is 14.3. The highest BCUT2D eigenvalue weighted by atomic mass is 32.2. The molecule has 0 aromatic carbocycles. The van der Waals surface area contributed by atoms with Crippen LogP contribution in [0.25, 0.3) is 0 Å². The van der Waals surface area contributed by atoms with E-state index >= 15 is 0 Å². The predicted molar refractivity (Wildman–Crippen MR) is 95.3 cm³/mol. The van der Waals surface area contributed by atoms with Crippen LogP contribution < -0.4 is 0 Å². The van der Waals surface area contributed by atoms with Crippen molar-refractivity contribution in [3.8, 4) is 0 Å². The molecule has 0 aromatic rings. The van der Waals surface area contributed by atoms with E-state index in [1.165, 1.54) is 77.0 Å². The third kappa shape index (κ3) is 18.2. The molecule has 0 aliphatic carbocycles. The van der Waals surface area contributed by atoms with Crippen molar-refractivity contribution in [1.82, 2.24) is 0 Å².